The molecule has 0 saturated carbocycles. The maximum absolute atomic E-state index is 14.3. The Morgan fingerprint density at radius 3 is 2.68 bits per heavy atom. The number of amides is 1. The molecule has 0 aromatic heterocycles. The van der Waals surface area contributed by atoms with Crippen molar-refractivity contribution in [2.45, 2.75) is 19.3 Å². The molecule has 0 saturated heterocycles. The maximum atomic E-state index is 14.3. The molecule has 2 aliphatic heterocycles. The van der Waals surface area contributed by atoms with Crippen LogP contribution < -0.4 is 4.90 Å². The number of hydrogen-bond acceptors (Lipinski definition) is 3. The molecule has 5 heteroatoms. The van der Waals surface area contributed by atoms with Gasteiger partial charge < -0.3 is 4.74 Å². The topological polar surface area (TPSA) is 46.6 Å². The van der Waals surface area contributed by atoms with Crippen LogP contribution in [-0.4, -0.2) is 18.5 Å². The molecule has 25 heavy (non-hydrogen) atoms. The third-order valence-electron chi connectivity index (χ3n) is 4.66. The largest absolute Gasteiger partial charge is 0.456 e. The molecule has 4 rings (SSSR count). The van der Waals surface area contributed by atoms with Crippen LogP contribution in [0.1, 0.15) is 23.5 Å². The number of halogens is 1. The highest BCUT2D eigenvalue weighted by Gasteiger charge is 2.43. The van der Waals surface area contributed by atoms with E-state index in [0.717, 1.165) is 5.56 Å². The monoisotopic (exact) mass is 337 g/mol. The second-order valence-electron chi connectivity index (χ2n) is 6.28. The van der Waals surface area contributed by atoms with Gasteiger partial charge in [-0.1, -0.05) is 30.3 Å². The van der Waals surface area contributed by atoms with Crippen molar-refractivity contribution in [3.63, 3.8) is 0 Å². The average molecular weight is 337 g/mol. The Bertz CT molecular complexity index is 919. The minimum absolute atomic E-state index is 0.0266. The van der Waals surface area contributed by atoms with Gasteiger partial charge >= 0.3 is 5.97 Å². The normalized spacial score (nSPS) is 19.9. The van der Waals surface area contributed by atoms with Crippen LogP contribution >= 0.6 is 0 Å². The number of ether oxygens (including phenoxy) is 1. The van der Waals surface area contributed by atoms with Crippen LogP contribution in [0.25, 0.3) is 0 Å². The summed E-state index contributed by atoms with van der Waals surface area (Å²) in [5.74, 6) is -1.68. The summed E-state index contributed by atoms with van der Waals surface area (Å²) in [7, 11) is 0. The number of benzene rings is 2. The van der Waals surface area contributed by atoms with Gasteiger partial charge in [0.05, 0.1) is 11.3 Å². The van der Waals surface area contributed by atoms with Crippen LogP contribution in [0.15, 0.2) is 59.8 Å². The van der Waals surface area contributed by atoms with E-state index < -0.39 is 17.7 Å². The smallest absolute Gasteiger partial charge is 0.336 e. The van der Waals surface area contributed by atoms with Crippen molar-refractivity contribution in [1.82, 2.24) is 0 Å². The van der Waals surface area contributed by atoms with Crippen LogP contribution in [0.3, 0.4) is 0 Å². The number of aryl methyl sites for hydroxylation is 1. The van der Waals surface area contributed by atoms with Crippen LogP contribution in [0.2, 0.25) is 0 Å². The third-order valence-corrected chi connectivity index (χ3v) is 4.66. The zero-order valence-electron chi connectivity index (χ0n) is 13.7. The molecule has 0 aliphatic carbocycles. The lowest BCUT2D eigenvalue weighted by Crippen LogP contribution is -2.37. The zero-order chi connectivity index (χ0) is 17.6. The molecule has 0 bridgehead atoms. The van der Waals surface area contributed by atoms with Crippen LogP contribution in [0.5, 0.6) is 0 Å². The van der Waals surface area contributed by atoms with E-state index in [1.54, 1.807) is 18.2 Å². The molecule has 2 heterocycles. The fourth-order valence-electron chi connectivity index (χ4n) is 3.54. The van der Waals surface area contributed by atoms with Gasteiger partial charge in [0.25, 0.3) is 0 Å². The first-order chi connectivity index (χ1) is 12.1. The second kappa shape index (κ2) is 5.84. The van der Waals surface area contributed by atoms with E-state index in [1.807, 2.05) is 31.2 Å². The summed E-state index contributed by atoms with van der Waals surface area (Å²) in [5.41, 5.74) is 2.95. The molecule has 0 spiro atoms. The van der Waals surface area contributed by atoms with Gasteiger partial charge in [-0.2, -0.15) is 0 Å². The lowest BCUT2D eigenvalue weighted by atomic mass is 9.84. The number of carbonyl (C=O) groups excluding carboxylic acids is 2. The van der Waals surface area contributed by atoms with E-state index >= 15 is 0 Å². The molecule has 1 amide bonds. The first-order valence-corrected chi connectivity index (χ1v) is 8.10. The second-order valence-corrected chi connectivity index (χ2v) is 6.28. The molecule has 2 aliphatic rings. The molecule has 0 unspecified atom stereocenters. The lowest BCUT2D eigenvalue weighted by Gasteiger charge is -2.32. The standard InChI is InChI=1S/C20H16FNO3/c1-12-5-4-6-13(9-12)22-17-11-25-20(24)19(17)15(10-18(22)23)14-7-2-3-8-16(14)21/h2-9,15H,10-11H2,1H3/t15-/m0/s1. The Morgan fingerprint density at radius 2 is 1.92 bits per heavy atom. The van der Waals surface area contributed by atoms with E-state index in [-0.39, 0.29) is 18.9 Å². The Labute approximate surface area is 144 Å². The quantitative estimate of drug-likeness (QED) is 0.789. The summed E-state index contributed by atoms with van der Waals surface area (Å²) in [6, 6.07) is 13.8. The molecule has 0 fully saturated rings. The number of anilines is 1. The first-order valence-electron chi connectivity index (χ1n) is 8.10. The summed E-state index contributed by atoms with van der Waals surface area (Å²) in [5, 5.41) is 0. The van der Waals surface area contributed by atoms with Gasteiger partial charge in [-0.15, -0.1) is 0 Å². The predicted molar refractivity (Wildman–Crippen MR) is 90.4 cm³/mol. The van der Waals surface area contributed by atoms with E-state index in [0.29, 0.717) is 22.5 Å². The van der Waals surface area contributed by atoms with E-state index in [1.165, 1.54) is 11.0 Å². The molecule has 1 atom stereocenters. The average Bonchev–Trinajstić information content (AvgIpc) is 2.96. The predicted octanol–water partition coefficient (Wildman–Crippen LogP) is 3.47. The van der Waals surface area contributed by atoms with Crippen LogP contribution in [0, 0.1) is 12.7 Å². The Balaban J connectivity index is 1.86. The van der Waals surface area contributed by atoms with Gasteiger partial charge in [-0.25, -0.2) is 9.18 Å². The SMILES string of the molecule is Cc1cccc(N2C(=O)C[C@@H](c3ccccc3F)C3=C2COC3=O)c1. The van der Waals surface area contributed by atoms with E-state index in [4.69, 9.17) is 4.74 Å². The molecule has 2 aromatic rings. The van der Waals surface area contributed by atoms with Gasteiger partial charge in [-0.05, 0) is 36.2 Å². The molecule has 4 nitrogen and oxygen atoms in total. The summed E-state index contributed by atoms with van der Waals surface area (Å²) < 4.78 is 19.5. The highest BCUT2D eigenvalue weighted by Crippen LogP contribution is 2.42. The number of nitrogens with zero attached hydrogens (tertiary/aromatic N) is 1. The van der Waals surface area contributed by atoms with E-state index in [9.17, 15) is 14.0 Å². The van der Waals surface area contributed by atoms with Crippen LogP contribution in [-0.2, 0) is 14.3 Å². The fourth-order valence-corrected chi connectivity index (χ4v) is 3.54. The Kier molecular flexibility index (Phi) is 3.64. The third kappa shape index (κ3) is 2.52. The van der Waals surface area contributed by atoms with Crippen molar-refractivity contribution in [2.75, 3.05) is 11.5 Å². The maximum Gasteiger partial charge on any atom is 0.336 e. The van der Waals surface area contributed by atoms with Crippen molar-refractivity contribution >= 4 is 17.6 Å². The summed E-state index contributed by atoms with van der Waals surface area (Å²) >= 11 is 0. The van der Waals surface area contributed by atoms with Crippen molar-refractivity contribution in [1.29, 1.82) is 0 Å². The number of hydrogen-bond donors (Lipinski definition) is 0. The molecule has 126 valence electrons. The van der Waals surface area contributed by atoms with Gasteiger partial charge in [0.2, 0.25) is 5.91 Å². The van der Waals surface area contributed by atoms with Gasteiger partial charge in [0.15, 0.2) is 0 Å². The van der Waals surface area contributed by atoms with Crippen LogP contribution in [0.4, 0.5) is 10.1 Å². The molecule has 2 aromatic carbocycles. The van der Waals surface area contributed by atoms with Crippen molar-refractivity contribution in [3.05, 3.63) is 76.7 Å². The Morgan fingerprint density at radius 1 is 1.12 bits per heavy atom. The number of esters is 1. The first kappa shape index (κ1) is 15.6. The number of cyclic esters (lactones) is 1. The lowest BCUT2D eigenvalue weighted by molar-refractivity contribution is -0.136. The zero-order valence-corrected chi connectivity index (χ0v) is 13.7. The number of rotatable bonds is 2. The summed E-state index contributed by atoms with van der Waals surface area (Å²) in [4.78, 5) is 26.7. The fraction of sp³-hybridized carbons (Fsp3) is 0.200. The van der Waals surface area contributed by atoms with E-state index in [2.05, 4.69) is 0 Å². The highest BCUT2D eigenvalue weighted by atomic mass is 19.1. The van der Waals surface area contributed by atoms with Gasteiger partial charge in [-0.3, -0.25) is 9.69 Å². The highest BCUT2D eigenvalue weighted by molar-refractivity contribution is 6.06. The van der Waals surface area contributed by atoms with Crippen molar-refractivity contribution in [2.24, 2.45) is 0 Å². The molecule has 0 N–H and O–H groups in total. The Hall–Kier alpha value is -2.95. The van der Waals surface area contributed by atoms with Gasteiger partial charge in [0, 0.05) is 18.0 Å². The molecular formula is C20H16FNO3. The summed E-state index contributed by atoms with van der Waals surface area (Å²) in [6.07, 6.45) is 0.0306. The van der Waals surface area contributed by atoms with Crippen molar-refractivity contribution < 1.29 is 18.7 Å². The minimum Gasteiger partial charge on any atom is -0.456 e. The minimum atomic E-state index is -0.611. The number of carbonyl (C=O) groups is 2. The molecular weight excluding hydrogens is 321 g/mol. The van der Waals surface area contributed by atoms with Crippen molar-refractivity contribution in [3.8, 4) is 0 Å². The summed E-state index contributed by atoms with van der Waals surface area (Å²) in [6.45, 7) is 1.96. The molecule has 0 radical (unpaired) electrons. The van der Waals surface area contributed by atoms with Gasteiger partial charge in [0.1, 0.15) is 12.4 Å².